The quantitative estimate of drug-likeness (QED) is 0.428. The van der Waals surface area contributed by atoms with Crippen LogP contribution in [-0.2, 0) is 7.05 Å². The zero-order valence-electron chi connectivity index (χ0n) is 18.6. The molecule has 0 radical (unpaired) electrons. The SMILES string of the molecule is Cc1ncc([C@H](c2ccccc2Cl)[C@H](C)c2nc(C(=O)Nc3cnoc3)c(O)c(=O)n2C)cn1. The summed E-state index contributed by atoms with van der Waals surface area (Å²) in [4.78, 5) is 38.6. The van der Waals surface area contributed by atoms with Crippen LogP contribution in [0.1, 0.15) is 52.0 Å². The van der Waals surface area contributed by atoms with Gasteiger partial charge in [-0.3, -0.25) is 14.2 Å². The molecule has 0 fully saturated rings. The largest absolute Gasteiger partial charge is 0.501 e. The maximum Gasteiger partial charge on any atom is 0.296 e. The summed E-state index contributed by atoms with van der Waals surface area (Å²) in [6.07, 6.45) is 5.89. The van der Waals surface area contributed by atoms with Gasteiger partial charge >= 0.3 is 0 Å². The molecule has 0 aliphatic rings. The molecule has 0 bridgehead atoms. The van der Waals surface area contributed by atoms with Crippen LogP contribution in [0.4, 0.5) is 5.69 Å². The van der Waals surface area contributed by atoms with Crippen molar-refractivity contribution in [2.45, 2.75) is 25.7 Å². The zero-order valence-corrected chi connectivity index (χ0v) is 19.3. The Hall–Kier alpha value is -4.05. The molecule has 11 heteroatoms. The first kappa shape index (κ1) is 23.1. The molecule has 0 aliphatic carbocycles. The first-order valence-electron chi connectivity index (χ1n) is 10.3. The molecule has 4 rings (SSSR count). The molecule has 4 aromatic rings. The maximum atomic E-state index is 12.8. The number of hydrogen-bond acceptors (Lipinski definition) is 8. The highest BCUT2D eigenvalue weighted by molar-refractivity contribution is 6.31. The molecule has 34 heavy (non-hydrogen) atoms. The molecule has 174 valence electrons. The maximum absolute atomic E-state index is 12.8. The van der Waals surface area contributed by atoms with Crippen LogP contribution in [0.25, 0.3) is 0 Å². The van der Waals surface area contributed by atoms with Crippen molar-refractivity contribution in [3.63, 3.8) is 0 Å². The topological polar surface area (TPSA) is 136 Å². The van der Waals surface area contributed by atoms with Gasteiger partial charge in [-0.05, 0) is 24.1 Å². The Kier molecular flexibility index (Phi) is 6.42. The number of nitrogens with one attached hydrogen (secondary N) is 1. The number of nitrogens with zero attached hydrogens (tertiary/aromatic N) is 5. The molecule has 1 amide bonds. The fraction of sp³-hybridized carbons (Fsp3) is 0.217. The highest BCUT2D eigenvalue weighted by Crippen LogP contribution is 2.40. The molecule has 0 aliphatic heterocycles. The summed E-state index contributed by atoms with van der Waals surface area (Å²) < 4.78 is 5.91. The van der Waals surface area contributed by atoms with Crippen molar-refractivity contribution in [1.29, 1.82) is 0 Å². The second-order valence-electron chi connectivity index (χ2n) is 7.75. The fourth-order valence-electron chi connectivity index (χ4n) is 3.81. The molecule has 10 nitrogen and oxygen atoms in total. The number of carbonyl (C=O) groups excluding carboxylic acids is 1. The lowest BCUT2D eigenvalue weighted by molar-refractivity contribution is 0.101. The lowest BCUT2D eigenvalue weighted by Gasteiger charge is -2.26. The summed E-state index contributed by atoms with van der Waals surface area (Å²) in [7, 11) is 1.48. The van der Waals surface area contributed by atoms with Crippen LogP contribution in [0.3, 0.4) is 0 Å². The number of anilines is 1. The molecular formula is C23H21ClN6O4. The Bertz CT molecular complexity index is 1390. The molecule has 1 aromatic carbocycles. The van der Waals surface area contributed by atoms with E-state index in [1.807, 2.05) is 25.1 Å². The predicted molar refractivity (Wildman–Crippen MR) is 124 cm³/mol. The van der Waals surface area contributed by atoms with Crippen LogP contribution in [0.2, 0.25) is 5.02 Å². The number of halogens is 1. The van der Waals surface area contributed by atoms with Gasteiger partial charge in [0, 0.05) is 36.3 Å². The molecule has 0 unspecified atom stereocenters. The van der Waals surface area contributed by atoms with Crippen LogP contribution in [0.5, 0.6) is 5.75 Å². The van der Waals surface area contributed by atoms with Crippen molar-refractivity contribution < 1.29 is 14.4 Å². The minimum atomic E-state index is -0.778. The lowest BCUT2D eigenvalue weighted by atomic mass is 9.82. The third-order valence-electron chi connectivity index (χ3n) is 5.51. The standard InChI is InChI=1S/C23H21ClN6O4/c1-12(18(14-8-25-13(2)26-9-14)16-6-4-5-7-17(16)24)21-29-19(20(31)23(33)30(21)3)22(32)28-15-10-27-34-11-15/h4-12,18,31H,1-3H3,(H,28,32)/t12-,18+/m0/s1. The molecule has 2 atom stereocenters. The number of hydrogen-bond donors (Lipinski definition) is 2. The van der Waals surface area contributed by atoms with Gasteiger partial charge in [0.2, 0.25) is 5.75 Å². The normalized spacial score (nSPS) is 12.8. The second-order valence-corrected chi connectivity index (χ2v) is 8.16. The van der Waals surface area contributed by atoms with E-state index in [0.717, 1.165) is 11.1 Å². The summed E-state index contributed by atoms with van der Waals surface area (Å²) >= 11 is 6.54. The Morgan fingerprint density at radius 2 is 1.91 bits per heavy atom. The van der Waals surface area contributed by atoms with Crippen LogP contribution in [-0.4, -0.2) is 35.7 Å². The average Bonchev–Trinajstić information content (AvgIpc) is 3.33. The van der Waals surface area contributed by atoms with Crippen molar-refractivity contribution in [3.05, 3.63) is 93.0 Å². The third kappa shape index (κ3) is 4.40. The third-order valence-corrected chi connectivity index (χ3v) is 5.86. The molecule has 0 saturated heterocycles. The minimum Gasteiger partial charge on any atom is -0.501 e. The predicted octanol–water partition coefficient (Wildman–Crippen LogP) is 3.41. The van der Waals surface area contributed by atoms with Gasteiger partial charge in [0.1, 0.15) is 23.6 Å². The molecule has 0 spiro atoms. The van der Waals surface area contributed by atoms with Gasteiger partial charge < -0.3 is 14.9 Å². The highest BCUT2D eigenvalue weighted by atomic mass is 35.5. The summed E-state index contributed by atoms with van der Waals surface area (Å²) in [6.45, 7) is 3.64. The average molecular weight is 481 g/mol. The van der Waals surface area contributed by atoms with E-state index in [9.17, 15) is 14.7 Å². The second kappa shape index (κ2) is 9.44. The molecule has 3 heterocycles. The van der Waals surface area contributed by atoms with Crippen molar-refractivity contribution in [2.75, 3.05) is 5.32 Å². The zero-order chi connectivity index (χ0) is 24.4. The van der Waals surface area contributed by atoms with Gasteiger partial charge in [-0.25, -0.2) is 15.0 Å². The number of aromatic nitrogens is 5. The van der Waals surface area contributed by atoms with Gasteiger partial charge in [0.25, 0.3) is 11.5 Å². The van der Waals surface area contributed by atoms with Crippen molar-refractivity contribution >= 4 is 23.2 Å². The van der Waals surface area contributed by atoms with Crippen molar-refractivity contribution in [3.8, 4) is 5.75 Å². The van der Waals surface area contributed by atoms with E-state index in [1.165, 1.54) is 24.1 Å². The van der Waals surface area contributed by atoms with E-state index < -0.39 is 34.7 Å². The van der Waals surface area contributed by atoms with Crippen LogP contribution < -0.4 is 10.9 Å². The van der Waals surface area contributed by atoms with Gasteiger partial charge in [-0.2, -0.15) is 0 Å². The number of rotatable bonds is 6. The smallest absolute Gasteiger partial charge is 0.296 e. The first-order valence-corrected chi connectivity index (χ1v) is 10.7. The Labute approximate surface area is 199 Å². The number of aromatic hydroxyl groups is 1. The molecule has 3 aromatic heterocycles. The Morgan fingerprint density at radius 1 is 1.21 bits per heavy atom. The number of benzene rings is 1. The van der Waals surface area contributed by atoms with Gasteiger partial charge in [0.05, 0.1) is 6.20 Å². The van der Waals surface area contributed by atoms with E-state index in [4.69, 9.17) is 16.1 Å². The molecule has 2 N–H and O–H groups in total. The van der Waals surface area contributed by atoms with Crippen molar-refractivity contribution in [1.82, 2.24) is 24.7 Å². The van der Waals surface area contributed by atoms with Gasteiger partial charge in [0.15, 0.2) is 5.69 Å². The summed E-state index contributed by atoms with van der Waals surface area (Å²) in [5.41, 5.74) is 0.618. The van der Waals surface area contributed by atoms with Crippen molar-refractivity contribution in [2.24, 2.45) is 7.05 Å². The monoisotopic (exact) mass is 480 g/mol. The van der Waals surface area contributed by atoms with E-state index in [2.05, 4.69) is 25.4 Å². The summed E-state index contributed by atoms with van der Waals surface area (Å²) in [6, 6.07) is 7.33. The number of amides is 1. The highest BCUT2D eigenvalue weighted by Gasteiger charge is 2.30. The van der Waals surface area contributed by atoms with E-state index >= 15 is 0 Å². The van der Waals surface area contributed by atoms with E-state index in [-0.39, 0.29) is 11.5 Å². The van der Waals surface area contributed by atoms with E-state index in [0.29, 0.717) is 10.8 Å². The van der Waals surface area contributed by atoms with E-state index in [1.54, 1.807) is 25.4 Å². The van der Waals surface area contributed by atoms with Gasteiger partial charge in [-0.15, -0.1) is 0 Å². The Balaban J connectivity index is 1.84. The molecule has 0 saturated carbocycles. The minimum absolute atomic E-state index is 0.257. The lowest BCUT2D eigenvalue weighted by Crippen LogP contribution is -2.29. The number of aryl methyl sites for hydroxylation is 1. The summed E-state index contributed by atoms with van der Waals surface area (Å²) in [5.74, 6) is -1.53. The Morgan fingerprint density at radius 3 is 2.56 bits per heavy atom. The van der Waals surface area contributed by atoms with Gasteiger partial charge in [-0.1, -0.05) is 41.9 Å². The fourth-order valence-corrected chi connectivity index (χ4v) is 4.06. The molecular weight excluding hydrogens is 460 g/mol. The van der Waals surface area contributed by atoms with Crippen LogP contribution in [0.15, 0.2) is 58.4 Å². The first-order chi connectivity index (χ1) is 16.3. The van der Waals surface area contributed by atoms with Crippen LogP contribution >= 0.6 is 11.6 Å². The number of carbonyl (C=O) groups is 1. The summed E-state index contributed by atoms with van der Waals surface area (Å²) in [5, 5.41) is 16.9. The van der Waals surface area contributed by atoms with Crippen LogP contribution in [0, 0.1) is 6.92 Å².